The molecule has 0 aliphatic heterocycles. The van der Waals surface area contributed by atoms with Crippen LogP contribution in [0.3, 0.4) is 0 Å². The van der Waals surface area contributed by atoms with Crippen molar-refractivity contribution in [3.8, 4) is 5.75 Å². The van der Waals surface area contributed by atoms with E-state index < -0.39 is 18.6 Å². The Bertz CT molecular complexity index is 466. The van der Waals surface area contributed by atoms with Crippen LogP contribution in [0.4, 0.5) is 13.2 Å². The first-order valence-corrected chi connectivity index (χ1v) is 6.39. The van der Waals surface area contributed by atoms with Crippen LogP contribution in [0.25, 0.3) is 0 Å². The number of nitrogens with zero attached hydrogens (tertiary/aromatic N) is 1. The van der Waals surface area contributed by atoms with E-state index in [9.17, 15) is 18.0 Å². The highest BCUT2D eigenvalue weighted by Gasteiger charge is 2.29. The smallest absolute Gasteiger partial charge is 0.401 e. The summed E-state index contributed by atoms with van der Waals surface area (Å²) >= 11 is 0. The lowest BCUT2D eigenvalue weighted by Gasteiger charge is -2.22. The Kier molecular flexibility index (Phi) is 6.44. The van der Waals surface area contributed by atoms with Gasteiger partial charge in [0.15, 0.2) is 0 Å². The zero-order valence-electron chi connectivity index (χ0n) is 11.6. The van der Waals surface area contributed by atoms with E-state index in [0.29, 0.717) is 0 Å². The molecule has 0 aliphatic rings. The Morgan fingerprint density at radius 2 is 2.05 bits per heavy atom. The molecule has 0 aliphatic carbocycles. The van der Waals surface area contributed by atoms with Crippen molar-refractivity contribution < 1.29 is 22.7 Å². The zero-order chi connectivity index (χ0) is 15.9. The number of nitrogens with two attached hydrogens (primary N) is 1. The second-order valence-electron chi connectivity index (χ2n) is 4.30. The summed E-state index contributed by atoms with van der Waals surface area (Å²) in [6.07, 6.45) is -4.24. The highest BCUT2D eigenvalue weighted by Crippen LogP contribution is 2.18. The van der Waals surface area contributed by atoms with Crippen LogP contribution in [-0.2, 0) is 0 Å². The Balaban J connectivity index is 2.57. The van der Waals surface area contributed by atoms with Crippen LogP contribution < -0.4 is 16.0 Å². The summed E-state index contributed by atoms with van der Waals surface area (Å²) in [6.45, 7) is 1.06. The Morgan fingerprint density at radius 3 is 2.62 bits per heavy atom. The number of hydrogen-bond acceptors (Lipinski definition) is 4. The van der Waals surface area contributed by atoms with Crippen molar-refractivity contribution in [2.75, 3.05) is 26.2 Å². The largest absolute Gasteiger partial charge is 0.491 e. The number of benzene rings is 1. The predicted molar refractivity (Wildman–Crippen MR) is 71.8 cm³/mol. The van der Waals surface area contributed by atoms with Crippen molar-refractivity contribution in [1.82, 2.24) is 10.3 Å². The number of alkyl halides is 3. The highest BCUT2D eigenvalue weighted by molar-refractivity contribution is 5.96. The molecule has 0 fully saturated rings. The van der Waals surface area contributed by atoms with Crippen LogP contribution in [0, 0.1) is 0 Å². The summed E-state index contributed by atoms with van der Waals surface area (Å²) < 4.78 is 42.3. The molecule has 0 aromatic heterocycles. The van der Waals surface area contributed by atoms with Gasteiger partial charge in [-0.15, -0.1) is 0 Å². The maximum Gasteiger partial charge on any atom is 0.401 e. The van der Waals surface area contributed by atoms with Gasteiger partial charge in [0, 0.05) is 6.54 Å². The summed E-state index contributed by atoms with van der Waals surface area (Å²) in [6, 6.07) is 6.38. The molecule has 0 bridgehead atoms. The Morgan fingerprint density at radius 1 is 1.38 bits per heavy atom. The number of likely N-dealkylation sites (N-methyl/N-ethyl adjacent to an activating group) is 1. The Labute approximate surface area is 120 Å². The van der Waals surface area contributed by atoms with Crippen LogP contribution >= 0.6 is 0 Å². The van der Waals surface area contributed by atoms with Gasteiger partial charge in [-0.25, -0.2) is 5.84 Å². The summed E-state index contributed by atoms with van der Waals surface area (Å²) in [5, 5.41) is 0. The van der Waals surface area contributed by atoms with Crippen LogP contribution in [0.1, 0.15) is 17.3 Å². The normalized spacial score (nSPS) is 11.5. The zero-order valence-corrected chi connectivity index (χ0v) is 11.6. The minimum Gasteiger partial charge on any atom is -0.491 e. The molecular weight excluding hydrogens is 287 g/mol. The van der Waals surface area contributed by atoms with E-state index in [1.165, 1.54) is 11.0 Å². The molecule has 0 unspecified atom stereocenters. The van der Waals surface area contributed by atoms with Crippen molar-refractivity contribution in [1.29, 1.82) is 0 Å². The number of carbonyl (C=O) groups excluding carboxylic acids is 1. The number of para-hydroxylation sites is 1. The van der Waals surface area contributed by atoms with E-state index in [4.69, 9.17) is 10.6 Å². The monoisotopic (exact) mass is 305 g/mol. The molecule has 0 atom stereocenters. The number of ether oxygens (including phenoxy) is 1. The second kappa shape index (κ2) is 7.84. The molecule has 0 heterocycles. The number of nitrogens with one attached hydrogen (secondary N) is 1. The highest BCUT2D eigenvalue weighted by atomic mass is 19.4. The maximum absolute atomic E-state index is 12.3. The molecule has 5 nitrogen and oxygen atoms in total. The number of carbonyl (C=O) groups is 1. The molecule has 1 aromatic carbocycles. The van der Waals surface area contributed by atoms with Gasteiger partial charge in [0.05, 0.1) is 12.1 Å². The number of hydrogen-bond donors (Lipinski definition) is 2. The fraction of sp³-hybridized carbons (Fsp3) is 0.462. The quantitative estimate of drug-likeness (QED) is 0.456. The fourth-order valence-electron chi connectivity index (χ4n) is 1.75. The van der Waals surface area contributed by atoms with Gasteiger partial charge in [0.2, 0.25) is 0 Å². The van der Waals surface area contributed by atoms with Crippen LogP contribution in [0.5, 0.6) is 5.75 Å². The molecule has 118 valence electrons. The molecule has 1 amide bonds. The van der Waals surface area contributed by atoms with Crippen molar-refractivity contribution >= 4 is 5.91 Å². The minimum absolute atomic E-state index is 0.0405. The molecule has 0 saturated carbocycles. The predicted octanol–water partition coefficient (Wildman–Crippen LogP) is 1.55. The van der Waals surface area contributed by atoms with E-state index >= 15 is 0 Å². The lowest BCUT2D eigenvalue weighted by molar-refractivity contribution is -0.146. The molecule has 21 heavy (non-hydrogen) atoms. The van der Waals surface area contributed by atoms with Gasteiger partial charge in [-0.05, 0) is 18.7 Å². The summed E-state index contributed by atoms with van der Waals surface area (Å²) in [5.41, 5.74) is 2.22. The second-order valence-corrected chi connectivity index (χ2v) is 4.30. The van der Waals surface area contributed by atoms with Crippen molar-refractivity contribution in [2.45, 2.75) is 13.1 Å². The minimum atomic E-state index is -4.24. The maximum atomic E-state index is 12.3. The van der Waals surface area contributed by atoms with E-state index in [1.807, 2.05) is 5.43 Å². The van der Waals surface area contributed by atoms with Crippen molar-refractivity contribution in [2.24, 2.45) is 5.84 Å². The first kappa shape index (κ1) is 17.3. The summed E-state index contributed by atoms with van der Waals surface area (Å²) in [4.78, 5) is 12.7. The molecule has 8 heteroatoms. The van der Waals surface area contributed by atoms with Gasteiger partial charge in [-0.3, -0.25) is 15.1 Å². The van der Waals surface area contributed by atoms with Crippen molar-refractivity contribution in [3.63, 3.8) is 0 Å². The number of hydrazine groups is 1. The molecule has 0 spiro atoms. The van der Waals surface area contributed by atoms with Gasteiger partial charge in [-0.1, -0.05) is 19.1 Å². The van der Waals surface area contributed by atoms with Gasteiger partial charge < -0.3 is 4.74 Å². The third-order valence-corrected chi connectivity index (χ3v) is 2.78. The van der Waals surface area contributed by atoms with Crippen LogP contribution in [0.2, 0.25) is 0 Å². The average Bonchev–Trinajstić information content (AvgIpc) is 2.44. The van der Waals surface area contributed by atoms with Crippen LogP contribution in [-0.4, -0.2) is 43.2 Å². The first-order valence-electron chi connectivity index (χ1n) is 6.39. The Hall–Kier alpha value is -1.80. The molecule has 0 radical (unpaired) electrons. The first-order chi connectivity index (χ1) is 9.87. The molecule has 1 aromatic rings. The number of halogens is 3. The average molecular weight is 305 g/mol. The van der Waals surface area contributed by atoms with Crippen LogP contribution in [0.15, 0.2) is 24.3 Å². The molecule has 3 N–H and O–H groups in total. The fourth-order valence-corrected chi connectivity index (χ4v) is 1.75. The third-order valence-electron chi connectivity index (χ3n) is 2.78. The van der Waals surface area contributed by atoms with Gasteiger partial charge in [0.25, 0.3) is 5.91 Å². The van der Waals surface area contributed by atoms with E-state index in [-0.39, 0.29) is 31.0 Å². The lowest BCUT2D eigenvalue weighted by atomic mass is 10.2. The topological polar surface area (TPSA) is 67.6 Å². The molecule has 1 rings (SSSR count). The number of rotatable bonds is 7. The summed E-state index contributed by atoms with van der Waals surface area (Å²) in [7, 11) is 0. The SMILES string of the molecule is CCN(CCOc1ccccc1C(=O)NN)CC(F)(F)F. The van der Waals surface area contributed by atoms with E-state index in [0.717, 1.165) is 0 Å². The standard InChI is InChI=1S/C13H18F3N3O2/c1-2-19(9-13(14,15)16)7-8-21-11-6-4-3-5-10(11)12(20)18-17/h3-6H,2,7-9,17H2,1H3,(H,18,20). The lowest BCUT2D eigenvalue weighted by Crippen LogP contribution is -2.37. The van der Waals surface area contributed by atoms with Gasteiger partial charge >= 0.3 is 6.18 Å². The molecular formula is C13H18F3N3O2. The van der Waals surface area contributed by atoms with E-state index in [2.05, 4.69) is 0 Å². The van der Waals surface area contributed by atoms with Gasteiger partial charge in [0.1, 0.15) is 12.4 Å². The van der Waals surface area contributed by atoms with E-state index in [1.54, 1.807) is 25.1 Å². The summed E-state index contributed by atoms with van der Waals surface area (Å²) in [5.74, 6) is 4.81. The number of amides is 1. The third kappa shape index (κ3) is 6.01. The van der Waals surface area contributed by atoms with Crippen molar-refractivity contribution in [3.05, 3.63) is 29.8 Å². The van der Waals surface area contributed by atoms with Gasteiger partial charge in [-0.2, -0.15) is 13.2 Å². The number of nitrogen functional groups attached to an aromatic ring is 1. The molecule has 0 saturated heterocycles.